The van der Waals surface area contributed by atoms with Crippen molar-refractivity contribution >= 4 is 29.1 Å². The fraction of sp³-hybridized carbons (Fsp3) is 0.150. The zero-order chi connectivity index (χ0) is 19.5. The molecule has 0 radical (unpaired) electrons. The van der Waals surface area contributed by atoms with Gasteiger partial charge in [0.1, 0.15) is 5.69 Å². The van der Waals surface area contributed by atoms with Gasteiger partial charge in [-0.05, 0) is 54.4 Å². The number of aryl methyl sites for hydroxylation is 1. The molecule has 2 heterocycles. The smallest absolute Gasteiger partial charge is 0.274 e. The van der Waals surface area contributed by atoms with E-state index < -0.39 is 0 Å². The highest BCUT2D eigenvalue weighted by Crippen LogP contribution is 2.32. The van der Waals surface area contributed by atoms with E-state index in [0.717, 1.165) is 16.9 Å². The summed E-state index contributed by atoms with van der Waals surface area (Å²) < 4.78 is 10.7. The molecule has 0 bridgehead atoms. The van der Waals surface area contributed by atoms with E-state index in [-0.39, 0.29) is 18.4 Å². The Hall–Kier alpha value is -3.32. The largest absolute Gasteiger partial charge is 0.454 e. The molecule has 28 heavy (non-hydrogen) atoms. The van der Waals surface area contributed by atoms with E-state index in [1.807, 2.05) is 25.1 Å². The van der Waals surface area contributed by atoms with Crippen LogP contribution in [0.3, 0.4) is 0 Å². The topological polar surface area (TPSA) is 85.4 Å². The number of ether oxygens (including phenoxy) is 2. The Morgan fingerprint density at radius 1 is 1.14 bits per heavy atom. The van der Waals surface area contributed by atoms with E-state index in [0.29, 0.717) is 29.0 Å². The Balaban J connectivity index is 1.43. The van der Waals surface area contributed by atoms with Gasteiger partial charge in [0.2, 0.25) is 12.7 Å². The summed E-state index contributed by atoms with van der Waals surface area (Å²) in [7, 11) is 0. The molecule has 3 aromatic rings. The number of rotatable bonds is 5. The fourth-order valence-corrected chi connectivity index (χ4v) is 2.98. The summed E-state index contributed by atoms with van der Waals surface area (Å²) in [4.78, 5) is 21.0. The van der Waals surface area contributed by atoms with Gasteiger partial charge in [0, 0.05) is 23.5 Å². The summed E-state index contributed by atoms with van der Waals surface area (Å²) in [5, 5.41) is 6.57. The van der Waals surface area contributed by atoms with E-state index in [2.05, 4.69) is 20.6 Å². The highest BCUT2D eigenvalue weighted by Gasteiger charge is 2.14. The van der Waals surface area contributed by atoms with Crippen LogP contribution in [0.15, 0.2) is 48.7 Å². The molecule has 0 aliphatic carbocycles. The first-order chi connectivity index (χ1) is 13.6. The second kappa shape index (κ2) is 7.74. The van der Waals surface area contributed by atoms with Gasteiger partial charge >= 0.3 is 0 Å². The minimum absolute atomic E-state index is 0.236. The Morgan fingerprint density at radius 2 is 2.00 bits per heavy atom. The van der Waals surface area contributed by atoms with Crippen LogP contribution in [0.25, 0.3) is 0 Å². The molecule has 0 fully saturated rings. The van der Waals surface area contributed by atoms with Crippen molar-refractivity contribution in [3.05, 3.63) is 70.5 Å². The molecular weight excluding hydrogens is 380 g/mol. The van der Waals surface area contributed by atoms with Gasteiger partial charge in [-0.1, -0.05) is 17.7 Å². The number of nitrogens with one attached hydrogen (secondary N) is 2. The van der Waals surface area contributed by atoms with Crippen LogP contribution in [0.4, 0.5) is 11.6 Å². The number of hydrogen-bond donors (Lipinski definition) is 2. The Bertz CT molecular complexity index is 1040. The second-order valence-corrected chi connectivity index (χ2v) is 6.66. The van der Waals surface area contributed by atoms with E-state index in [1.165, 1.54) is 0 Å². The molecule has 0 atom stereocenters. The number of carbonyl (C=O) groups is 1. The third-order valence-electron chi connectivity index (χ3n) is 4.21. The highest BCUT2D eigenvalue weighted by molar-refractivity contribution is 6.30. The summed E-state index contributed by atoms with van der Waals surface area (Å²) in [5.74, 6) is 1.49. The molecule has 0 saturated carbocycles. The molecule has 1 aliphatic rings. The van der Waals surface area contributed by atoms with Gasteiger partial charge in [-0.25, -0.2) is 9.97 Å². The van der Waals surface area contributed by atoms with Crippen LogP contribution in [0.1, 0.15) is 21.6 Å². The van der Waals surface area contributed by atoms with Crippen LogP contribution in [-0.4, -0.2) is 22.7 Å². The Morgan fingerprint density at radius 3 is 2.86 bits per heavy atom. The Kier molecular flexibility index (Phi) is 4.99. The number of benzene rings is 2. The normalized spacial score (nSPS) is 11.9. The lowest BCUT2D eigenvalue weighted by molar-refractivity contribution is 0.102. The number of carbonyl (C=O) groups excluding carboxylic acids is 1. The van der Waals surface area contributed by atoms with E-state index in [1.54, 1.807) is 30.5 Å². The van der Waals surface area contributed by atoms with Crippen molar-refractivity contribution in [3.8, 4) is 11.5 Å². The molecule has 142 valence electrons. The predicted octanol–water partition coefficient (Wildman–Crippen LogP) is 4.03. The standard InChI is InChI=1S/C20H17ClN4O3/c1-12-8-14(21)3-4-15(12)24-19(26)16-6-7-22-20(25-16)23-10-13-2-5-17-18(9-13)28-11-27-17/h2-9H,10-11H2,1H3,(H,24,26)(H,22,23,25). The molecule has 2 N–H and O–H groups in total. The number of aromatic nitrogens is 2. The summed E-state index contributed by atoms with van der Waals surface area (Å²) in [5.41, 5.74) is 2.80. The monoisotopic (exact) mass is 396 g/mol. The first kappa shape index (κ1) is 18.1. The maximum absolute atomic E-state index is 12.5. The fourth-order valence-electron chi connectivity index (χ4n) is 2.76. The van der Waals surface area contributed by atoms with Crippen molar-refractivity contribution in [1.29, 1.82) is 0 Å². The predicted molar refractivity (Wildman–Crippen MR) is 106 cm³/mol. The summed E-state index contributed by atoms with van der Waals surface area (Å²) in [6, 6.07) is 12.5. The maximum Gasteiger partial charge on any atom is 0.274 e. The maximum atomic E-state index is 12.5. The first-order valence-corrected chi connectivity index (χ1v) is 8.99. The lowest BCUT2D eigenvalue weighted by atomic mass is 10.2. The molecule has 7 nitrogen and oxygen atoms in total. The number of fused-ring (bicyclic) bond motifs is 1. The summed E-state index contributed by atoms with van der Waals surface area (Å²) in [6.45, 7) is 2.59. The lowest BCUT2D eigenvalue weighted by Gasteiger charge is -2.10. The molecule has 0 spiro atoms. The molecule has 2 aromatic carbocycles. The highest BCUT2D eigenvalue weighted by atomic mass is 35.5. The van der Waals surface area contributed by atoms with Gasteiger partial charge in [0.15, 0.2) is 11.5 Å². The minimum atomic E-state index is -0.320. The quantitative estimate of drug-likeness (QED) is 0.677. The third-order valence-corrected chi connectivity index (χ3v) is 4.45. The number of hydrogen-bond acceptors (Lipinski definition) is 6. The van der Waals surface area contributed by atoms with Gasteiger partial charge in [-0.15, -0.1) is 0 Å². The van der Waals surface area contributed by atoms with Crippen molar-refractivity contribution in [1.82, 2.24) is 9.97 Å². The first-order valence-electron chi connectivity index (χ1n) is 8.61. The van der Waals surface area contributed by atoms with Crippen LogP contribution in [0.2, 0.25) is 5.02 Å². The van der Waals surface area contributed by atoms with Gasteiger partial charge in [0.05, 0.1) is 0 Å². The van der Waals surface area contributed by atoms with Crippen molar-refractivity contribution in [2.45, 2.75) is 13.5 Å². The van der Waals surface area contributed by atoms with Crippen LogP contribution < -0.4 is 20.1 Å². The van der Waals surface area contributed by atoms with Crippen molar-refractivity contribution in [3.63, 3.8) is 0 Å². The van der Waals surface area contributed by atoms with Crippen LogP contribution in [-0.2, 0) is 6.54 Å². The van der Waals surface area contributed by atoms with Gasteiger partial charge in [-0.3, -0.25) is 4.79 Å². The molecule has 0 saturated heterocycles. The molecular formula is C20H17ClN4O3. The van der Waals surface area contributed by atoms with E-state index in [4.69, 9.17) is 21.1 Å². The lowest BCUT2D eigenvalue weighted by Crippen LogP contribution is -2.16. The Labute approximate surface area is 166 Å². The molecule has 1 amide bonds. The number of halogens is 1. The average Bonchev–Trinajstić information content (AvgIpc) is 3.16. The number of amides is 1. The average molecular weight is 397 g/mol. The van der Waals surface area contributed by atoms with Gasteiger partial charge < -0.3 is 20.1 Å². The molecule has 4 rings (SSSR count). The summed E-state index contributed by atoms with van der Waals surface area (Å²) in [6.07, 6.45) is 1.54. The molecule has 0 unspecified atom stereocenters. The van der Waals surface area contributed by atoms with Gasteiger partial charge in [0.25, 0.3) is 5.91 Å². The molecule has 1 aromatic heterocycles. The summed E-state index contributed by atoms with van der Waals surface area (Å²) >= 11 is 5.95. The van der Waals surface area contributed by atoms with Gasteiger partial charge in [-0.2, -0.15) is 0 Å². The zero-order valence-electron chi connectivity index (χ0n) is 15.0. The number of anilines is 2. The number of nitrogens with zero attached hydrogens (tertiary/aromatic N) is 2. The van der Waals surface area contributed by atoms with Crippen LogP contribution in [0, 0.1) is 6.92 Å². The third kappa shape index (κ3) is 3.99. The molecule has 8 heteroatoms. The van der Waals surface area contributed by atoms with Crippen molar-refractivity contribution < 1.29 is 14.3 Å². The van der Waals surface area contributed by atoms with Crippen LogP contribution in [0.5, 0.6) is 11.5 Å². The SMILES string of the molecule is Cc1cc(Cl)ccc1NC(=O)c1ccnc(NCc2ccc3c(c2)OCO3)n1. The van der Waals surface area contributed by atoms with Crippen molar-refractivity contribution in [2.24, 2.45) is 0 Å². The molecule has 1 aliphatic heterocycles. The van der Waals surface area contributed by atoms with E-state index in [9.17, 15) is 4.79 Å². The second-order valence-electron chi connectivity index (χ2n) is 6.22. The minimum Gasteiger partial charge on any atom is -0.454 e. The van der Waals surface area contributed by atoms with Crippen LogP contribution >= 0.6 is 11.6 Å². The van der Waals surface area contributed by atoms with Crippen molar-refractivity contribution in [2.75, 3.05) is 17.4 Å². The zero-order valence-corrected chi connectivity index (χ0v) is 15.8. The van der Waals surface area contributed by atoms with E-state index >= 15 is 0 Å².